The SMILES string of the molecule is Nc1ccc(-c2ccc(CO)cn2)cc1. The Labute approximate surface area is 88.2 Å². The van der Waals surface area contributed by atoms with Crippen LogP contribution in [0.15, 0.2) is 42.6 Å². The summed E-state index contributed by atoms with van der Waals surface area (Å²) in [5.74, 6) is 0. The van der Waals surface area contributed by atoms with E-state index in [1.54, 1.807) is 6.20 Å². The molecule has 0 radical (unpaired) electrons. The van der Waals surface area contributed by atoms with Crippen molar-refractivity contribution in [2.24, 2.45) is 0 Å². The lowest BCUT2D eigenvalue weighted by Gasteiger charge is -2.02. The fraction of sp³-hybridized carbons (Fsp3) is 0.0833. The molecule has 1 aromatic carbocycles. The van der Waals surface area contributed by atoms with Gasteiger partial charge in [-0.2, -0.15) is 0 Å². The largest absolute Gasteiger partial charge is 0.399 e. The second-order valence-electron chi connectivity index (χ2n) is 3.33. The van der Waals surface area contributed by atoms with Crippen molar-refractivity contribution >= 4 is 5.69 Å². The highest BCUT2D eigenvalue weighted by Gasteiger charge is 1.98. The summed E-state index contributed by atoms with van der Waals surface area (Å²) < 4.78 is 0. The fourth-order valence-electron chi connectivity index (χ4n) is 1.34. The average Bonchev–Trinajstić information content (AvgIpc) is 2.30. The molecule has 0 spiro atoms. The molecular weight excluding hydrogens is 188 g/mol. The van der Waals surface area contributed by atoms with Crippen molar-refractivity contribution < 1.29 is 5.11 Å². The van der Waals surface area contributed by atoms with Crippen molar-refractivity contribution in [2.75, 3.05) is 5.73 Å². The van der Waals surface area contributed by atoms with Gasteiger partial charge in [-0.05, 0) is 23.8 Å². The van der Waals surface area contributed by atoms with Gasteiger partial charge in [0.05, 0.1) is 12.3 Å². The highest BCUT2D eigenvalue weighted by atomic mass is 16.3. The smallest absolute Gasteiger partial charge is 0.0702 e. The summed E-state index contributed by atoms with van der Waals surface area (Å²) in [6.07, 6.45) is 1.67. The zero-order valence-corrected chi connectivity index (χ0v) is 8.22. The first-order chi connectivity index (χ1) is 7.29. The summed E-state index contributed by atoms with van der Waals surface area (Å²) in [6, 6.07) is 11.3. The van der Waals surface area contributed by atoms with Gasteiger partial charge < -0.3 is 10.8 Å². The predicted octanol–water partition coefficient (Wildman–Crippen LogP) is 1.82. The van der Waals surface area contributed by atoms with E-state index in [-0.39, 0.29) is 6.61 Å². The van der Waals surface area contributed by atoms with Crippen molar-refractivity contribution in [3.8, 4) is 11.3 Å². The summed E-state index contributed by atoms with van der Waals surface area (Å²) >= 11 is 0. The van der Waals surface area contributed by atoms with Crippen LogP contribution in [0.25, 0.3) is 11.3 Å². The van der Waals surface area contributed by atoms with E-state index in [2.05, 4.69) is 4.98 Å². The highest BCUT2D eigenvalue weighted by Crippen LogP contribution is 2.18. The van der Waals surface area contributed by atoms with Gasteiger partial charge in [0.15, 0.2) is 0 Å². The monoisotopic (exact) mass is 200 g/mol. The number of hydrogen-bond donors (Lipinski definition) is 2. The number of nitrogens with zero attached hydrogens (tertiary/aromatic N) is 1. The van der Waals surface area contributed by atoms with Crippen LogP contribution < -0.4 is 5.73 Å². The molecule has 0 saturated carbocycles. The summed E-state index contributed by atoms with van der Waals surface area (Å²) in [4.78, 5) is 4.25. The lowest BCUT2D eigenvalue weighted by molar-refractivity contribution is 0.281. The van der Waals surface area contributed by atoms with Gasteiger partial charge in [0, 0.05) is 17.4 Å². The molecule has 3 heteroatoms. The van der Waals surface area contributed by atoms with Crippen molar-refractivity contribution in [3.63, 3.8) is 0 Å². The Kier molecular flexibility index (Phi) is 2.65. The molecule has 0 aliphatic rings. The van der Waals surface area contributed by atoms with Gasteiger partial charge in [-0.15, -0.1) is 0 Å². The number of pyridine rings is 1. The first kappa shape index (κ1) is 9.68. The van der Waals surface area contributed by atoms with Crippen LogP contribution in [0.1, 0.15) is 5.56 Å². The Balaban J connectivity index is 2.33. The average molecular weight is 200 g/mol. The van der Waals surface area contributed by atoms with Crippen LogP contribution >= 0.6 is 0 Å². The van der Waals surface area contributed by atoms with Gasteiger partial charge in [0.25, 0.3) is 0 Å². The normalized spacial score (nSPS) is 10.2. The number of hydrogen-bond acceptors (Lipinski definition) is 3. The first-order valence-electron chi connectivity index (χ1n) is 4.71. The number of rotatable bonds is 2. The molecule has 2 rings (SSSR count). The Morgan fingerprint density at radius 3 is 2.33 bits per heavy atom. The van der Waals surface area contributed by atoms with Crippen molar-refractivity contribution in [2.45, 2.75) is 6.61 Å². The Bertz CT molecular complexity index is 434. The number of aromatic nitrogens is 1. The van der Waals surface area contributed by atoms with Crippen LogP contribution in [-0.2, 0) is 6.61 Å². The molecular formula is C12H12N2O. The summed E-state index contributed by atoms with van der Waals surface area (Å²) in [6.45, 7) is 0.0228. The van der Waals surface area contributed by atoms with Crippen molar-refractivity contribution in [1.82, 2.24) is 4.98 Å². The third-order valence-electron chi connectivity index (χ3n) is 2.21. The van der Waals surface area contributed by atoms with Gasteiger partial charge in [0.1, 0.15) is 0 Å². The molecule has 0 atom stereocenters. The Morgan fingerprint density at radius 2 is 1.80 bits per heavy atom. The van der Waals surface area contributed by atoms with Gasteiger partial charge in [-0.25, -0.2) is 0 Å². The zero-order valence-electron chi connectivity index (χ0n) is 8.22. The van der Waals surface area contributed by atoms with E-state index < -0.39 is 0 Å². The quantitative estimate of drug-likeness (QED) is 0.727. The van der Waals surface area contributed by atoms with Gasteiger partial charge in [0.2, 0.25) is 0 Å². The number of nitrogen functional groups attached to an aromatic ring is 1. The van der Waals surface area contributed by atoms with Gasteiger partial charge in [-0.1, -0.05) is 18.2 Å². The zero-order chi connectivity index (χ0) is 10.7. The number of nitrogens with two attached hydrogens (primary N) is 1. The van der Waals surface area contributed by atoms with E-state index in [1.807, 2.05) is 36.4 Å². The Morgan fingerprint density at radius 1 is 1.07 bits per heavy atom. The summed E-state index contributed by atoms with van der Waals surface area (Å²) in [5, 5.41) is 8.88. The highest BCUT2D eigenvalue weighted by molar-refractivity contribution is 5.61. The molecule has 76 valence electrons. The lowest BCUT2D eigenvalue weighted by atomic mass is 10.1. The molecule has 1 aromatic heterocycles. The molecule has 0 fully saturated rings. The predicted molar refractivity (Wildman–Crippen MR) is 60.0 cm³/mol. The molecule has 3 nitrogen and oxygen atoms in total. The number of aliphatic hydroxyl groups is 1. The molecule has 15 heavy (non-hydrogen) atoms. The molecule has 0 aliphatic heterocycles. The maximum atomic E-state index is 8.88. The minimum absolute atomic E-state index is 0.0228. The minimum atomic E-state index is 0.0228. The molecule has 0 amide bonds. The molecule has 2 aromatic rings. The fourth-order valence-corrected chi connectivity index (χ4v) is 1.34. The van der Waals surface area contributed by atoms with Gasteiger partial charge in [-0.3, -0.25) is 4.98 Å². The lowest BCUT2D eigenvalue weighted by Crippen LogP contribution is -1.88. The van der Waals surface area contributed by atoms with E-state index in [1.165, 1.54) is 0 Å². The maximum absolute atomic E-state index is 8.88. The molecule has 0 saturated heterocycles. The Hall–Kier alpha value is -1.87. The first-order valence-corrected chi connectivity index (χ1v) is 4.71. The second kappa shape index (κ2) is 4.11. The number of benzene rings is 1. The third kappa shape index (κ3) is 2.14. The molecule has 0 bridgehead atoms. The van der Waals surface area contributed by atoms with Gasteiger partial charge >= 0.3 is 0 Å². The van der Waals surface area contributed by atoms with Crippen molar-refractivity contribution in [1.29, 1.82) is 0 Å². The number of anilines is 1. The van der Waals surface area contributed by atoms with E-state index in [0.29, 0.717) is 0 Å². The standard InChI is InChI=1S/C12H12N2O/c13-11-4-2-10(3-5-11)12-6-1-9(8-15)7-14-12/h1-7,15H,8,13H2. The summed E-state index contributed by atoms with van der Waals surface area (Å²) in [5.41, 5.74) is 9.06. The van der Waals surface area contributed by atoms with E-state index in [0.717, 1.165) is 22.5 Å². The van der Waals surface area contributed by atoms with Crippen LogP contribution in [0.3, 0.4) is 0 Å². The van der Waals surface area contributed by atoms with Crippen LogP contribution in [0.2, 0.25) is 0 Å². The maximum Gasteiger partial charge on any atom is 0.0702 e. The van der Waals surface area contributed by atoms with Crippen molar-refractivity contribution in [3.05, 3.63) is 48.2 Å². The second-order valence-corrected chi connectivity index (χ2v) is 3.33. The van der Waals surface area contributed by atoms with Crippen LogP contribution in [0.5, 0.6) is 0 Å². The minimum Gasteiger partial charge on any atom is -0.399 e. The van der Waals surface area contributed by atoms with Crippen LogP contribution in [-0.4, -0.2) is 10.1 Å². The molecule has 0 unspecified atom stereocenters. The van der Waals surface area contributed by atoms with Crippen LogP contribution in [0.4, 0.5) is 5.69 Å². The molecule has 3 N–H and O–H groups in total. The topological polar surface area (TPSA) is 59.1 Å². The summed E-state index contributed by atoms with van der Waals surface area (Å²) in [7, 11) is 0. The van der Waals surface area contributed by atoms with E-state index in [9.17, 15) is 0 Å². The van der Waals surface area contributed by atoms with E-state index in [4.69, 9.17) is 10.8 Å². The van der Waals surface area contributed by atoms with Crippen LogP contribution in [0, 0.1) is 0 Å². The molecule has 0 aliphatic carbocycles. The molecule has 1 heterocycles. The number of aliphatic hydroxyl groups excluding tert-OH is 1. The third-order valence-corrected chi connectivity index (χ3v) is 2.21. The van der Waals surface area contributed by atoms with E-state index >= 15 is 0 Å².